The van der Waals surface area contributed by atoms with Crippen LogP contribution in [0.25, 0.3) is 0 Å². The van der Waals surface area contributed by atoms with Crippen LogP contribution in [0.3, 0.4) is 0 Å². The van der Waals surface area contributed by atoms with Crippen LogP contribution in [0.4, 0.5) is 11.6 Å². The zero-order chi connectivity index (χ0) is 12.1. The number of hydrogen-bond acceptors (Lipinski definition) is 5. The van der Waals surface area contributed by atoms with Crippen molar-refractivity contribution in [3.63, 3.8) is 0 Å². The van der Waals surface area contributed by atoms with Gasteiger partial charge in [0.1, 0.15) is 11.6 Å². The van der Waals surface area contributed by atoms with Crippen LogP contribution in [0.5, 0.6) is 0 Å². The Bertz CT molecular complexity index is 363. The largest absolute Gasteiger partial charge is 0.379 e. The molecule has 2 rings (SSSR count). The van der Waals surface area contributed by atoms with E-state index in [0.717, 1.165) is 44.2 Å². The molecule has 0 amide bonds. The van der Waals surface area contributed by atoms with E-state index in [1.807, 2.05) is 0 Å². The maximum atomic E-state index is 5.40. The van der Waals surface area contributed by atoms with E-state index in [1.165, 1.54) is 0 Å². The van der Waals surface area contributed by atoms with E-state index >= 15 is 0 Å². The highest BCUT2D eigenvalue weighted by atomic mass is 16.5. The minimum Gasteiger partial charge on any atom is -0.379 e. The maximum absolute atomic E-state index is 5.40. The molecule has 1 aliphatic rings. The van der Waals surface area contributed by atoms with Crippen molar-refractivity contribution >= 4 is 11.6 Å². The smallest absolute Gasteiger partial charge is 0.147 e. The summed E-state index contributed by atoms with van der Waals surface area (Å²) in [7, 11) is 0. The summed E-state index contributed by atoms with van der Waals surface area (Å²) >= 11 is 0. The number of rotatable bonds is 5. The van der Waals surface area contributed by atoms with Gasteiger partial charge < -0.3 is 15.4 Å². The Labute approximate surface area is 102 Å². The van der Waals surface area contributed by atoms with Gasteiger partial charge in [-0.05, 0) is 19.8 Å². The molecular formula is C12H20N4O. The molecule has 0 aromatic carbocycles. The van der Waals surface area contributed by atoms with Gasteiger partial charge in [0.2, 0.25) is 0 Å². The van der Waals surface area contributed by atoms with Crippen LogP contribution in [0.2, 0.25) is 0 Å². The summed E-state index contributed by atoms with van der Waals surface area (Å²) in [6.45, 7) is 6.72. The van der Waals surface area contributed by atoms with E-state index in [4.69, 9.17) is 4.74 Å². The Balaban J connectivity index is 2.00. The SMILES string of the molecule is CCCNc1cncc(NC2(C)CCOC2)n1. The average Bonchev–Trinajstić information content (AvgIpc) is 2.73. The van der Waals surface area contributed by atoms with E-state index < -0.39 is 0 Å². The van der Waals surface area contributed by atoms with Crippen LogP contribution in [0, 0.1) is 0 Å². The third-order valence-corrected chi connectivity index (χ3v) is 2.84. The second-order valence-electron chi connectivity index (χ2n) is 4.70. The first-order chi connectivity index (χ1) is 8.22. The van der Waals surface area contributed by atoms with E-state index in [-0.39, 0.29) is 5.54 Å². The fourth-order valence-electron chi connectivity index (χ4n) is 1.84. The normalized spacial score (nSPS) is 23.6. The zero-order valence-corrected chi connectivity index (χ0v) is 10.5. The van der Waals surface area contributed by atoms with Crippen LogP contribution in [0.1, 0.15) is 26.7 Å². The number of anilines is 2. The van der Waals surface area contributed by atoms with Crippen molar-refractivity contribution in [2.45, 2.75) is 32.2 Å². The van der Waals surface area contributed by atoms with Crippen LogP contribution in [-0.2, 0) is 4.74 Å². The maximum Gasteiger partial charge on any atom is 0.147 e. The highest BCUT2D eigenvalue weighted by molar-refractivity contribution is 5.43. The lowest BCUT2D eigenvalue weighted by Gasteiger charge is -2.24. The lowest BCUT2D eigenvalue weighted by atomic mass is 10.0. The number of hydrogen-bond donors (Lipinski definition) is 2. The quantitative estimate of drug-likeness (QED) is 0.817. The first kappa shape index (κ1) is 12.1. The van der Waals surface area contributed by atoms with Crippen molar-refractivity contribution in [2.24, 2.45) is 0 Å². The van der Waals surface area contributed by atoms with Crippen LogP contribution < -0.4 is 10.6 Å². The lowest BCUT2D eigenvalue weighted by molar-refractivity contribution is 0.185. The molecule has 2 heterocycles. The summed E-state index contributed by atoms with van der Waals surface area (Å²) < 4.78 is 5.40. The second kappa shape index (κ2) is 5.31. The molecule has 0 aliphatic carbocycles. The summed E-state index contributed by atoms with van der Waals surface area (Å²) in [4.78, 5) is 8.66. The molecule has 1 fully saturated rings. The molecule has 1 unspecified atom stereocenters. The van der Waals surface area contributed by atoms with Gasteiger partial charge >= 0.3 is 0 Å². The highest BCUT2D eigenvalue weighted by Crippen LogP contribution is 2.22. The Morgan fingerprint density at radius 1 is 1.41 bits per heavy atom. The van der Waals surface area contributed by atoms with Gasteiger partial charge in [-0.3, -0.25) is 4.98 Å². The molecule has 1 aromatic heterocycles. The van der Waals surface area contributed by atoms with Crippen molar-refractivity contribution < 1.29 is 4.74 Å². The highest BCUT2D eigenvalue weighted by Gasteiger charge is 2.29. The summed E-state index contributed by atoms with van der Waals surface area (Å²) in [5.74, 6) is 1.62. The molecule has 1 atom stereocenters. The Morgan fingerprint density at radius 2 is 2.24 bits per heavy atom. The second-order valence-corrected chi connectivity index (χ2v) is 4.70. The third kappa shape index (κ3) is 3.30. The summed E-state index contributed by atoms with van der Waals surface area (Å²) in [6, 6.07) is 0. The number of nitrogens with one attached hydrogen (secondary N) is 2. The summed E-state index contributed by atoms with van der Waals surface area (Å²) in [5.41, 5.74) is -0.0158. The van der Waals surface area contributed by atoms with Crippen molar-refractivity contribution in [3.8, 4) is 0 Å². The van der Waals surface area contributed by atoms with Gasteiger partial charge in [-0.25, -0.2) is 4.98 Å². The van der Waals surface area contributed by atoms with E-state index in [0.29, 0.717) is 0 Å². The van der Waals surface area contributed by atoms with Crippen LogP contribution >= 0.6 is 0 Å². The molecule has 1 saturated heterocycles. The van der Waals surface area contributed by atoms with Crippen molar-refractivity contribution in [1.82, 2.24) is 9.97 Å². The fraction of sp³-hybridized carbons (Fsp3) is 0.667. The molecule has 0 radical (unpaired) electrons. The van der Waals surface area contributed by atoms with Gasteiger partial charge in [-0.1, -0.05) is 6.92 Å². The lowest BCUT2D eigenvalue weighted by Crippen LogP contribution is -2.35. The predicted molar refractivity (Wildman–Crippen MR) is 68.3 cm³/mol. The van der Waals surface area contributed by atoms with E-state index in [1.54, 1.807) is 12.4 Å². The van der Waals surface area contributed by atoms with E-state index in [9.17, 15) is 0 Å². The molecule has 0 saturated carbocycles. The molecule has 5 nitrogen and oxygen atoms in total. The molecule has 17 heavy (non-hydrogen) atoms. The van der Waals surface area contributed by atoms with Crippen molar-refractivity contribution in [3.05, 3.63) is 12.4 Å². The first-order valence-corrected chi connectivity index (χ1v) is 6.14. The monoisotopic (exact) mass is 236 g/mol. The average molecular weight is 236 g/mol. The number of ether oxygens (including phenoxy) is 1. The van der Waals surface area contributed by atoms with Crippen molar-refractivity contribution in [2.75, 3.05) is 30.4 Å². The van der Waals surface area contributed by atoms with Crippen LogP contribution in [0.15, 0.2) is 12.4 Å². The van der Waals surface area contributed by atoms with E-state index in [2.05, 4.69) is 34.4 Å². The molecule has 1 aliphatic heterocycles. The Kier molecular flexibility index (Phi) is 3.78. The van der Waals surface area contributed by atoms with Gasteiger partial charge in [0.15, 0.2) is 0 Å². The third-order valence-electron chi connectivity index (χ3n) is 2.84. The first-order valence-electron chi connectivity index (χ1n) is 6.14. The van der Waals surface area contributed by atoms with Gasteiger partial charge in [-0.2, -0.15) is 0 Å². The molecule has 0 bridgehead atoms. The zero-order valence-electron chi connectivity index (χ0n) is 10.5. The molecule has 94 valence electrons. The fourth-order valence-corrected chi connectivity index (χ4v) is 1.84. The Hall–Kier alpha value is -1.36. The van der Waals surface area contributed by atoms with Gasteiger partial charge in [0.25, 0.3) is 0 Å². The summed E-state index contributed by atoms with van der Waals surface area (Å²) in [6.07, 6.45) is 5.57. The minimum atomic E-state index is -0.0158. The summed E-state index contributed by atoms with van der Waals surface area (Å²) in [5, 5.41) is 6.62. The van der Waals surface area contributed by atoms with Gasteiger partial charge in [0, 0.05) is 13.2 Å². The standard InChI is InChI=1S/C12H20N4O/c1-3-5-14-10-7-13-8-11(15-10)16-12(2)4-6-17-9-12/h7-8H,3-6,9H2,1-2H3,(H2,14,15,16). The number of nitrogens with zero attached hydrogens (tertiary/aromatic N) is 2. The number of aromatic nitrogens is 2. The Morgan fingerprint density at radius 3 is 2.94 bits per heavy atom. The van der Waals surface area contributed by atoms with Crippen LogP contribution in [-0.4, -0.2) is 35.3 Å². The molecule has 1 aromatic rings. The van der Waals surface area contributed by atoms with Crippen molar-refractivity contribution in [1.29, 1.82) is 0 Å². The van der Waals surface area contributed by atoms with Gasteiger partial charge in [-0.15, -0.1) is 0 Å². The predicted octanol–water partition coefficient (Wildman–Crippen LogP) is 1.89. The van der Waals surface area contributed by atoms with Gasteiger partial charge in [0.05, 0.1) is 24.5 Å². The molecule has 5 heteroatoms. The molecular weight excluding hydrogens is 216 g/mol. The molecule has 0 spiro atoms. The molecule has 2 N–H and O–H groups in total. The topological polar surface area (TPSA) is 59.1 Å². The minimum absolute atomic E-state index is 0.0158.